The summed E-state index contributed by atoms with van der Waals surface area (Å²) >= 11 is 1.28. The highest BCUT2D eigenvalue weighted by Crippen LogP contribution is 2.33. The van der Waals surface area contributed by atoms with Gasteiger partial charge in [-0.15, -0.1) is 11.3 Å². The van der Waals surface area contributed by atoms with Gasteiger partial charge in [-0.2, -0.15) is 5.26 Å². The Hall–Kier alpha value is -3.37. The molecule has 2 aromatic heterocycles. The number of rotatable bonds is 4. The van der Waals surface area contributed by atoms with Gasteiger partial charge in [0, 0.05) is 27.5 Å². The number of nitrogens with one attached hydrogen (secondary N) is 2. The Morgan fingerprint density at radius 2 is 2.04 bits per heavy atom. The largest absolute Gasteiger partial charge is 0.465 e. The van der Waals surface area contributed by atoms with Crippen LogP contribution in [0, 0.1) is 25.2 Å². The molecule has 6 nitrogen and oxygen atoms in total. The molecule has 0 saturated heterocycles. The highest BCUT2D eigenvalue weighted by molar-refractivity contribution is 7.16. The number of nitriles is 1. The molecule has 2 heterocycles. The third-order valence-corrected chi connectivity index (χ3v) is 5.41. The average Bonchev–Trinajstić information content (AvgIpc) is 3.20. The third-order valence-electron chi connectivity index (χ3n) is 4.29. The summed E-state index contributed by atoms with van der Waals surface area (Å²) < 4.78 is 4.81. The Balaban J connectivity index is 1.94. The zero-order valence-electron chi connectivity index (χ0n) is 15.0. The molecular weight excluding hydrogens is 362 g/mol. The normalized spacial score (nSPS) is 11.3. The lowest BCUT2D eigenvalue weighted by atomic mass is 10.1. The highest BCUT2D eigenvalue weighted by atomic mass is 32.1. The first kappa shape index (κ1) is 18.4. The van der Waals surface area contributed by atoms with Gasteiger partial charge in [0.15, 0.2) is 0 Å². The van der Waals surface area contributed by atoms with Crippen molar-refractivity contribution >= 4 is 45.2 Å². The van der Waals surface area contributed by atoms with Crippen molar-refractivity contribution in [2.24, 2.45) is 0 Å². The van der Waals surface area contributed by atoms with E-state index in [0.29, 0.717) is 10.6 Å². The predicted octanol–water partition coefficient (Wildman–Crippen LogP) is 4.18. The van der Waals surface area contributed by atoms with E-state index < -0.39 is 11.9 Å². The van der Waals surface area contributed by atoms with Crippen LogP contribution in [-0.4, -0.2) is 24.0 Å². The van der Waals surface area contributed by atoms with Crippen molar-refractivity contribution in [3.8, 4) is 6.07 Å². The first-order valence-electron chi connectivity index (χ1n) is 8.13. The molecule has 0 unspecified atom stereocenters. The Morgan fingerprint density at radius 3 is 2.74 bits per heavy atom. The number of fused-ring (bicyclic) bond motifs is 1. The number of amides is 1. The molecule has 3 rings (SSSR count). The molecule has 136 valence electrons. The van der Waals surface area contributed by atoms with Crippen LogP contribution in [0.2, 0.25) is 0 Å². The number of methoxy groups -OCH3 is 1. The Morgan fingerprint density at radius 1 is 1.30 bits per heavy atom. The number of aryl methyl sites for hydroxylation is 1. The minimum Gasteiger partial charge on any atom is -0.465 e. The molecule has 0 aliphatic heterocycles. The molecular formula is C20H17N3O3S. The van der Waals surface area contributed by atoms with Gasteiger partial charge in [-0.25, -0.2) is 4.79 Å². The molecule has 0 fully saturated rings. The summed E-state index contributed by atoms with van der Waals surface area (Å²) in [5.41, 5.74) is 2.67. The maximum absolute atomic E-state index is 12.6. The number of esters is 1. The highest BCUT2D eigenvalue weighted by Gasteiger charge is 2.22. The third kappa shape index (κ3) is 3.48. The molecule has 3 aromatic rings. The molecule has 0 aliphatic carbocycles. The van der Waals surface area contributed by atoms with Crippen molar-refractivity contribution in [3.05, 3.63) is 57.6 Å². The lowest BCUT2D eigenvalue weighted by Gasteiger charge is -2.05. The standard InChI is InChI=1S/C20H17N3O3S/c1-11-12(2)27-19(17(11)20(25)26-3)23-18(24)13(9-21)8-14-10-22-16-7-5-4-6-15(14)16/h4-8,10,22H,1-3H3,(H,23,24). The van der Waals surface area contributed by atoms with E-state index in [1.807, 2.05) is 37.3 Å². The number of carbonyl (C=O) groups is 2. The van der Waals surface area contributed by atoms with Gasteiger partial charge in [0.05, 0.1) is 12.7 Å². The molecule has 27 heavy (non-hydrogen) atoms. The summed E-state index contributed by atoms with van der Waals surface area (Å²) in [6.45, 7) is 3.65. The number of anilines is 1. The van der Waals surface area contributed by atoms with E-state index in [0.717, 1.165) is 26.9 Å². The summed E-state index contributed by atoms with van der Waals surface area (Å²) in [5, 5.41) is 13.4. The second-order valence-electron chi connectivity index (χ2n) is 5.89. The number of benzene rings is 1. The number of nitrogens with zero attached hydrogens (tertiary/aromatic N) is 1. The number of ether oxygens (including phenoxy) is 1. The number of H-pyrrole nitrogens is 1. The van der Waals surface area contributed by atoms with Gasteiger partial charge < -0.3 is 15.0 Å². The van der Waals surface area contributed by atoms with Crippen LogP contribution in [0.15, 0.2) is 36.0 Å². The zero-order valence-corrected chi connectivity index (χ0v) is 15.9. The summed E-state index contributed by atoms with van der Waals surface area (Å²) in [7, 11) is 1.29. The molecule has 0 saturated carbocycles. The Labute approximate surface area is 160 Å². The van der Waals surface area contributed by atoms with Gasteiger partial charge in [0.25, 0.3) is 5.91 Å². The van der Waals surface area contributed by atoms with E-state index >= 15 is 0 Å². The van der Waals surface area contributed by atoms with E-state index in [1.54, 1.807) is 13.1 Å². The lowest BCUT2D eigenvalue weighted by Crippen LogP contribution is -2.15. The molecule has 1 aromatic carbocycles. The smallest absolute Gasteiger partial charge is 0.341 e. The van der Waals surface area contributed by atoms with Gasteiger partial charge in [-0.3, -0.25) is 4.79 Å². The maximum atomic E-state index is 12.6. The van der Waals surface area contributed by atoms with Crippen molar-refractivity contribution in [1.29, 1.82) is 5.26 Å². The first-order chi connectivity index (χ1) is 13.0. The van der Waals surface area contributed by atoms with Crippen LogP contribution in [0.4, 0.5) is 5.00 Å². The number of hydrogen-bond donors (Lipinski definition) is 2. The second kappa shape index (κ2) is 7.48. The average molecular weight is 379 g/mol. The van der Waals surface area contributed by atoms with Gasteiger partial charge in [0.1, 0.15) is 16.6 Å². The number of aromatic amines is 1. The fourth-order valence-corrected chi connectivity index (χ4v) is 3.79. The fraction of sp³-hybridized carbons (Fsp3) is 0.150. The number of hydrogen-bond acceptors (Lipinski definition) is 5. The van der Waals surface area contributed by atoms with E-state index in [-0.39, 0.29) is 5.57 Å². The molecule has 7 heteroatoms. The fourth-order valence-electron chi connectivity index (χ4n) is 2.75. The van der Waals surface area contributed by atoms with Crippen LogP contribution >= 0.6 is 11.3 Å². The van der Waals surface area contributed by atoms with Gasteiger partial charge in [-0.05, 0) is 31.6 Å². The number of thiophene rings is 1. The summed E-state index contributed by atoms with van der Waals surface area (Å²) in [6.07, 6.45) is 3.27. The topological polar surface area (TPSA) is 95.0 Å². The Bertz CT molecular complexity index is 1120. The van der Waals surface area contributed by atoms with Crippen LogP contribution in [0.3, 0.4) is 0 Å². The minimum absolute atomic E-state index is 0.0562. The van der Waals surface area contributed by atoms with Crippen molar-refractivity contribution in [1.82, 2.24) is 4.98 Å². The summed E-state index contributed by atoms with van der Waals surface area (Å²) in [6, 6.07) is 9.55. The number of para-hydroxylation sites is 1. The monoisotopic (exact) mass is 379 g/mol. The van der Waals surface area contributed by atoms with E-state index in [9.17, 15) is 14.9 Å². The van der Waals surface area contributed by atoms with Crippen molar-refractivity contribution < 1.29 is 14.3 Å². The van der Waals surface area contributed by atoms with Gasteiger partial charge in [-0.1, -0.05) is 18.2 Å². The molecule has 0 bridgehead atoms. The van der Waals surface area contributed by atoms with Crippen LogP contribution < -0.4 is 5.32 Å². The van der Waals surface area contributed by atoms with Crippen molar-refractivity contribution in [2.45, 2.75) is 13.8 Å². The van der Waals surface area contributed by atoms with Gasteiger partial charge >= 0.3 is 5.97 Å². The predicted molar refractivity (Wildman–Crippen MR) is 106 cm³/mol. The van der Waals surface area contributed by atoms with Crippen LogP contribution in [-0.2, 0) is 9.53 Å². The summed E-state index contributed by atoms with van der Waals surface area (Å²) in [5.74, 6) is -1.10. The molecule has 2 N–H and O–H groups in total. The van der Waals surface area contributed by atoms with E-state index in [1.165, 1.54) is 24.5 Å². The van der Waals surface area contributed by atoms with E-state index in [4.69, 9.17) is 4.74 Å². The minimum atomic E-state index is -0.575. The number of aromatic nitrogens is 1. The SMILES string of the molecule is COC(=O)c1c(NC(=O)C(C#N)=Cc2c[nH]c3ccccc23)sc(C)c1C. The first-order valence-corrected chi connectivity index (χ1v) is 8.95. The zero-order chi connectivity index (χ0) is 19.6. The molecule has 1 amide bonds. The van der Waals surface area contributed by atoms with Crippen LogP contribution in [0.25, 0.3) is 17.0 Å². The summed E-state index contributed by atoms with van der Waals surface area (Å²) in [4.78, 5) is 28.7. The van der Waals surface area contributed by atoms with Gasteiger partial charge in [0.2, 0.25) is 0 Å². The van der Waals surface area contributed by atoms with Crippen LogP contribution in [0.1, 0.15) is 26.4 Å². The Kier molecular flexibility index (Phi) is 5.10. The second-order valence-corrected chi connectivity index (χ2v) is 7.12. The van der Waals surface area contributed by atoms with Crippen molar-refractivity contribution in [3.63, 3.8) is 0 Å². The maximum Gasteiger partial charge on any atom is 0.341 e. The van der Waals surface area contributed by atoms with E-state index in [2.05, 4.69) is 10.3 Å². The molecule has 0 spiro atoms. The quantitative estimate of drug-likeness (QED) is 0.404. The molecule has 0 radical (unpaired) electrons. The molecule has 0 aliphatic rings. The molecule has 0 atom stereocenters. The lowest BCUT2D eigenvalue weighted by molar-refractivity contribution is -0.112. The van der Waals surface area contributed by atoms with Crippen LogP contribution in [0.5, 0.6) is 0 Å². The van der Waals surface area contributed by atoms with Crippen molar-refractivity contribution in [2.75, 3.05) is 12.4 Å². The number of carbonyl (C=O) groups excluding carboxylic acids is 2.